The van der Waals surface area contributed by atoms with Crippen LogP contribution < -0.4 is 5.73 Å². The first-order chi connectivity index (χ1) is 7.76. The third-order valence-corrected chi connectivity index (χ3v) is 3.92. The van der Waals surface area contributed by atoms with Crippen LogP contribution >= 0.6 is 11.3 Å². The van der Waals surface area contributed by atoms with E-state index in [9.17, 15) is 4.79 Å². The summed E-state index contributed by atoms with van der Waals surface area (Å²) in [4.78, 5) is 15.2. The van der Waals surface area contributed by atoms with Crippen molar-refractivity contribution in [3.8, 4) is 0 Å². The first-order valence-electron chi connectivity index (χ1n) is 5.33. The van der Waals surface area contributed by atoms with Gasteiger partial charge in [0.1, 0.15) is 6.10 Å². The van der Waals surface area contributed by atoms with Gasteiger partial charge in [-0.05, 0) is 23.4 Å². The van der Waals surface area contributed by atoms with Crippen molar-refractivity contribution in [2.45, 2.75) is 19.1 Å². The van der Waals surface area contributed by atoms with E-state index in [4.69, 9.17) is 10.5 Å². The van der Waals surface area contributed by atoms with E-state index in [1.165, 1.54) is 17.6 Å². The van der Waals surface area contributed by atoms with Crippen molar-refractivity contribution in [1.82, 2.24) is 4.90 Å². The zero-order valence-electron chi connectivity index (χ0n) is 9.31. The summed E-state index contributed by atoms with van der Waals surface area (Å²) in [5, 5.41) is 2.08. The fraction of sp³-hybridized carbons (Fsp3) is 0.545. The second-order valence-corrected chi connectivity index (χ2v) is 4.84. The molecule has 0 saturated carbocycles. The summed E-state index contributed by atoms with van der Waals surface area (Å²) in [6.07, 6.45) is 0.444. The zero-order chi connectivity index (χ0) is 11.5. The molecule has 88 valence electrons. The molecule has 1 aliphatic rings. The number of hydrogen-bond acceptors (Lipinski definition) is 4. The van der Waals surface area contributed by atoms with E-state index in [0.29, 0.717) is 6.54 Å². The van der Waals surface area contributed by atoms with Crippen LogP contribution in [0, 0.1) is 0 Å². The lowest BCUT2D eigenvalue weighted by Gasteiger charge is -2.29. The lowest BCUT2D eigenvalue weighted by atomic mass is 10.1. The average Bonchev–Trinajstić information content (AvgIpc) is 2.77. The fourth-order valence-corrected chi connectivity index (χ4v) is 2.83. The number of thiophene rings is 1. The largest absolute Gasteiger partial charge is 0.370 e. The number of methoxy groups -OCH3 is 1. The molecule has 0 aliphatic carbocycles. The van der Waals surface area contributed by atoms with Gasteiger partial charge in [-0.25, -0.2) is 0 Å². The van der Waals surface area contributed by atoms with Gasteiger partial charge >= 0.3 is 0 Å². The van der Waals surface area contributed by atoms with E-state index in [-0.39, 0.29) is 12.5 Å². The van der Waals surface area contributed by atoms with Crippen molar-refractivity contribution in [2.75, 3.05) is 20.2 Å². The highest BCUT2D eigenvalue weighted by atomic mass is 32.1. The third-order valence-electron chi connectivity index (χ3n) is 2.89. The zero-order valence-corrected chi connectivity index (χ0v) is 10.1. The minimum absolute atomic E-state index is 0.00171. The minimum atomic E-state index is -0.500. The molecule has 4 nitrogen and oxygen atoms in total. The molecule has 0 aromatic carbocycles. The van der Waals surface area contributed by atoms with Crippen LogP contribution in [0.15, 0.2) is 11.4 Å². The molecule has 1 aromatic heterocycles. The molecule has 1 atom stereocenters. The number of ether oxygens (including phenoxy) is 1. The Morgan fingerprint density at radius 3 is 3.25 bits per heavy atom. The van der Waals surface area contributed by atoms with Gasteiger partial charge in [-0.1, -0.05) is 0 Å². The Balaban J connectivity index is 2.05. The van der Waals surface area contributed by atoms with Gasteiger partial charge in [0.15, 0.2) is 0 Å². The van der Waals surface area contributed by atoms with Crippen molar-refractivity contribution >= 4 is 17.2 Å². The molecule has 2 heterocycles. The fourth-order valence-electron chi connectivity index (χ4n) is 1.94. The van der Waals surface area contributed by atoms with E-state index in [2.05, 4.69) is 11.4 Å². The molecule has 1 amide bonds. The maximum absolute atomic E-state index is 12.0. The number of nitrogens with zero attached hydrogens (tertiary/aromatic N) is 1. The Hall–Kier alpha value is -0.910. The topological polar surface area (TPSA) is 55.6 Å². The highest BCUT2D eigenvalue weighted by molar-refractivity contribution is 7.10. The maximum Gasteiger partial charge on any atom is 0.253 e. The normalized spacial score (nSPS) is 17.0. The molecule has 16 heavy (non-hydrogen) atoms. The van der Waals surface area contributed by atoms with Gasteiger partial charge in [0, 0.05) is 31.6 Å². The molecular weight excluding hydrogens is 224 g/mol. The third kappa shape index (κ3) is 2.11. The van der Waals surface area contributed by atoms with Gasteiger partial charge in [0.05, 0.1) is 0 Å². The molecule has 5 heteroatoms. The molecule has 1 aromatic rings. The van der Waals surface area contributed by atoms with Crippen LogP contribution in [-0.2, 0) is 22.5 Å². The highest BCUT2D eigenvalue weighted by Gasteiger charge is 2.26. The van der Waals surface area contributed by atoms with Gasteiger partial charge in [0.2, 0.25) is 0 Å². The second kappa shape index (κ2) is 4.95. The molecule has 1 aliphatic heterocycles. The Morgan fingerprint density at radius 1 is 1.75 bits per heavy atom. The Bertz CT molecular complexity index is 374. The van der Waals surface area contributed by atoms with Gasteiger partial charge < -0.3 is 15.4 Å². The van der Waals surface area contributed by atoms with Crippen LogP contribution in [0.2, 0.25) is 0 Å². The summed E-state index contributed by atoms with van der Waals surface area (Å²) in [6.45, 7) is 1.70. The van der Waals surface area contributed by atoms with Crippen molar-refractivity contribution in [3.05, 3.63) is 21.9 Å². The predicted molar refractivity (Wildman–Crippen MR) is 63.3 cm³/mol. The van der Waals surface area contributed by atoms with Crippen molar-refractivity contribution in [1.29, 1.82) is 0 Å². The van der Waals surface area contributed by atoms with Crippen LogP contribution in [0.1, 0.15) is 10.4 Å². The standard InChI is InChI=1S/C11H16N2O2S/c1-15-9(6-12)11(14)13-4-2-10-8(7-13)3-5-16-10/h3,5,9H,2,4,6-7,12H2,1H3. The molecule has 1 unspecified atom stereocenters. The second-order valence-electron chi connectivity index (χ2n) is 3.84. The summed E-state index contributed by atoms with van der Waals surface area (Å²) in [5.41, 5.74) is 6.76. The number of amides is 1. The summed E-state index contributed by atoms with van der Waals surface area (Å²) < 4.78 is 5.07. The summed E-state index contributed by atoms with van der Waals surface area (Å²) in [5.74, 6) is 0.00171. The molecule has 2 N–H and O–H groups in total. The molecule has 0 saturated heterocycles. The SMILES string of the molecule is COC(CN)C(=O)N1CCc2sccc2C1. The summed E-state index contributed by atoms with van der Waals surface area (Å²) in [6, 6.07) is 2.09. The van der Waals surface area contributed by atoms with Gasteiger partial charge in [-0.3, -0.25) is 4.79 Å². The summed E-state index contributed by atoms with van der Waals surface area (Å²) >= 11 is 1.77. The molecule has 0 radical (unpaired) electrons. The Kier molecular flexibility index (Phi) is 3.58. The first kappa shape index (κ1) is 11.6. The maximum atomic E-state index is 12.0. The molecule has 0 spiro atoms. The number of fused-ring (bicyclic) bond motifs is 1. The molecule has 0 bridgehead atoms. The predicted octanol–water partition coefficient (Wildman–Crippen LogP) is 0.607. The van der Waals surface area contributed by atoms with Crippen LogP contribution in [0.5, 0.6) is 0 Å². The van der Waals surface area contributed by atoms with Crippen LogP contribution in [0.4, 0.5) is 0 Å². The number of nitrogens with two attached hydrogens (primary N) is 1. The first-order valence-corrected chi connectivity index (χ1v) is 6.21. The van der Waals surface area contributed by atoms with E-state index in [1.807, 2.05) is 4.90 Å². The molecular formula is C11H16N2O2S. The number of hydrogen-bond donors (Lipinski definition) is 1. The Labute approximate surface area is 99.0 Å². The van der Waals surface area contributed by atoms with Crippen molar-refractivity contribution in [3.63, 3.8) is 0 Å². The number of rotatable bonds is 3. The van der Waals surface area contributed by atoms with Gasteiger partial charge in [-0.15, -0.1) is 11.3 Å². The monoisotopic (exact) mass is 240 g/mol. The molecule has 0 fully saturated rings. The number of carbonyl (C=O) groups is 1. The van der Waals surface area contributed by atoms with E-state index in [1.54, 1.807) is 11.3 Å². The van der Waals surface area contributed by atoms with E-state index in [0.717, 1.165) is 13.0 Å². The average molecular weight is 240 g/mol. The van der Waals surface area contributed by atoms with Crippen molar-refractivity contribution < 1.29 is 9.53 Å². The molecule has 2 rings (SSSR count). The van der Waals surface area contributed by atoms with E-state index >= 15 is 0 Å². The van der Waals surface area contributed by atoms with Gasteiger partial charge in [-0.2, -0.15) is 0 Å². The smallest absolute Gasteiger partial charge is 0.253 e. The minimum Gasteiger partial charge on any atom is -0.370 e. The summed E-state index contributed by atoms with van der Waals surface area (Å²) in [7, 11) is 1.52. The lowest BCUT2D eigenvalue weighted by molar-refractivity contribution is -0.142. The quantitative estimate of drug-likeness (QED) is 0.842. The Morgan fingerprint density at radius 2 is 2.56 bits per heavy atom. The lowest BCUT2D eigenvalue weighted by Crippen LogP contribution is -2.45. The number of carbonyl (C=O) groups excluding carboxylic acids is 1. The van der Waals surface area contributed by atoms with Gasteiger partial charge in [0.25, 0.3) is 5.91 Å². The highest BCUT2D eigenvalue weighted by Crippen LogP contribution is 2.24. The van der Waals surface area contributed by atoms with Crippen LogP contribution in [0.25, 0.3) is 0 Å². The van der Waals surface area contributed by atoms with Crippen LogP contribution in [-0.4, -0.2) is 37.1 Å². The van der Waals surface area contributed by atoms with Crippen molar-refractivity contribution in [2.24, 2.45) is 5.73 Å². The van der Waals surface area contributed by atoms with Crippen LogP contribution in [0.3, 0.4) is 0 Å². The van der Waals surface area contributed by atoms with E-state index < -0.39 is 6.10 Å².